The molecule has 0 unspecified atom stereocenters. The lowest BCUT2D eigenvalue weighted by Gasteiger charge is -1.98. The molecule has 0 aliphatic carbocycles. The van der Waals surface area contributed by atoms with Gasteiger partial charge in [0.2, 0.25) is 0 Å². The maximum atomic E-state index is 10.2. The molecule has 0 radical (unpaired) electrons. The Kier molecular flexibility index (Phi) is 9.00. The molecule has 4 heteroatoms. The largest absolute Gasteiger partial charge is 0.478 e. The first kappa shape index (κ1) is 13.1. The van der Waals surface area contributed by atoms with Crippen LogP contribution in [0.1, 0.15) is 12.8 Å². The van der Waals surface area contributed by atoms with Crippen molar-refractivity contribution in [3.05, 3.63) is 12.2 Å². The monoisotopic (exact) mass is 179 g/mol. The molecule has 3 nitrogen and oxygen atoms in total. The lowest BCUT2D eigenvalue weighted by Crippen LogP contribution is -2.09. The highest BCUT2D eigenvalue weighted by atomic mass is 35.5. The molecule has 0 spiro atoms. The van der Waals surface area contributed by atoms with Crippen molar-refractivity contribution >= 4 is 18.4 Å². The molecule has 0 fully saturated rings. The number of carboxylic acid groups (broad SMARTS) is 1. The molecule has 0 aliphatic rings. The average molecular weight is 180 g/mol. The van der Waals surface area contributed by atoms with E-state index in [1.807, 2.05) is 7.05 Å². The van der Waals surface area contributed by atoms with Crippen LogP contribution in [0.5, 0.6) is 0 Å². The van der Waals surface area contributed by atoms with E-state index in [1.165, 1.54) is 0 Å². The van der Waals surface area contributed by atoms with Crippen LogP contribution in [0.2, 0.25) is 0 Å². The fourth-order valence-corrected chi connectivity index (χ4v) is 0.585. The molecular weight excluding hydrogens is 166 g/mol. The summed E-state index contributed by atoms with van der Waals surface area (Å²) in [5.41, 5.74) is 0.287. The minimum absolute atomic E-state index is 0. The van der Waals surface area contributed by atoms with Crippen molar-refractivity contribution in [2.45, 2.75) is 12.8 Å². The van der Waals surface area contributed by atoms with Crippen molar-refractivity contribution in [1.29, 1.82) is 0 Å². The van der Waals surface area contributed by atoms with Crippen molar-refractivity contribution in [3.63, 3.8) is 0 Å². The summed E-state index contributed by atoms with van der Waals surface area (Å²) < 4.78 is 0. The standard InChI is InChI=1S/C7H13NO2.ClH/c1-6(7(9)10)4-3-5-8-2;/h8H,1,3-5H2,2H3,(H,9,10);1H. The normalized spacial score (nSPS) is 8.45. The zero-order valence-electron chi connectivity index (χ0n) is 6.59. The highest BCUT2D eigenvalue weighted by Crippen LogP contribution is 2.00. The van der Waals surface area contributed by atoms with Gasteiger partial charge in [0.05, 0.1) is 0 Å². The molecule has 0 atom stereocenters. The van der Waals surface area contributed by atoms with Gasteiger partial charge in [0, 0.05) is 5.57 Å². The molecule has 0 amide bonds. The molecule has 0 aromatic carbocycles. The predicted molar refractivity (Wildman–Crippen MR) is 47.2 cm³/mol. The molecule has 0 aliphatic heterocycles. The van der Waals surface area contributed by atoms with Gasteiger partial charge in [0.1, 0.15) is 0 Å². The lowest BCUT2D eigenvalue weighted by molar-refractivity contribution is -0.132. The smallest absolute Gasteiger partial charge is 0.330 e. The highest BCUT2D eigenvalue weighted by molar-refractivity contribution is 5.85. The summed E-state index contributed by atoms with van der Waals surface area (Å²) in [6, 6.07) is 0. The van der Waals surface area contributed by atoms with Gasteiger partial charge < -0.3 is 10.4 Å². The van der Waals surface area contributed by atoms with Gasteiger partial charge in [-0.25, -0.2) is 4.79 Å². The first-order chi connectivity index (χ1) is 4.68. The van der Waals surface area contributed by atoms with Crippen molar-refractivity contribution in [2.75, 3.05) is 13.6 Å². The van der Waals surface area contributed by atoms with Crippen LogP contribution in [-0.2, 0) is 4.79 Å². The Hall–Kier alpha value is -0.540. The maximum absolute atomic E-state index is 10.2. The van der Waals surface area contributed by atoms with Crippen LogP contribution >= 0.6 is 12.4 Å². The lowest BCUT2D eigenvalue weighted by atomic mass is 10.2. The van der Waals surface area contributed by atoms with Crippen LogP contribution in [0, 0.1) is 0 Å². The Morgan fingerprint density at radius 1 is 1.64 bits per heavy atom. The molecule has 11 heavy (non-hydrogen) atoms. The number of aliphatic carboxylic acids is 1. The minimum Gasteiger partial charge on any atom is -0.478 e. The molecule has 0 heterocycles. The van der Waals surface area contributed by atoms with Crippen molar-refractivity contribution in [2.24, 2.45) is 0 Å². The zero-order chi connectivity index (χ0) is 7.98. The molecule has 0 rings (SSSR count). The van der Waals surface area contributed by atoms with Gasteiger partial charge >= 0.3 is 5.97 Å². The number of halogens is 1. The van der Waals surface area contributed by atoms with Gasteiger partial charge in [-0.05, 0) is 26.4 Å². The summed E-state index contributed by atoms with van der Waals surface area (Å²) in [4.78, 5) is 10.2. The molecule has 0 saturated carbocycles. The van der Waals surface area contributed by atoms with Gasteiger partial charge in [-0.3, -0.25) is 0 Å². The van der Waals surface area contributed by atoms with Gasteiger partial charge in [-0.15, -0.1) is 12.4 Å². The van der Waals surface area contributed by atoms with Crippen LogP contribution in [0.3, 0.4) is 0 Å². The summed E-state index contributed by atoms with van der Waals surface area (Å²) in [5.74, 6) is -0.892. The summed E-state index contributed by atoms with van der Waals surface area (Å²) >= 11 is 0. The summed E-state index contributed by atoms with van der Waals surface area (Å²) in [5, 5.41) is 11.3. The number of carbonyl (C=O) groups is 1. The second kappa shape index (κ2) is 7.57. The third kappa shape index (κ3) is 7.36. The van der Waals surface area contributed by atoms with E-state index in [0.717, 1.165) is 13.0 Å². The summed E-state index contributed by atoms with van der Waals surface area (Å²) in [6.45, 7) is 4.24. The Morgan fingerprint density at radius 3 is 2.55 bits per heavy atom. The van der Waals surface area contributed by atoms with Crippen LogP contribution in [0.25, 0.3) is 0 Å². The highest BCUT2D eigenvalue weighted by Gasteiger charge is 2.01. The van der Waals surface area contributed by atoms with Crippen LogP contribution in [0.4, 0.5) is 0 Å². The number of rotatable bonds is 5. The van der Waals surface area contributed by atoms with E-state index in [4.69, 9.17) is 5.11 Å². The van der Waals surface area contributed by atoms with Crippen molar-refractivity contribution in [3.8, 4) is 0 Å². The van der Waals surface area contributed by atoms with Gasteiger partial charge in [-0.1, -0.05) is 6.58 Å². The molecule has 66 valence electrons. The van der Waals surface area contributed by atoms with Gasteiger partial charge in [0.25, 0.3) is 0 Å². The van der Waals surface area contributed by atoms with Crippen LogP contribution in [-0.4, -0.2) is 24.7 Å². The average Bonchev–Trinajstić information content (AvgIpc) is 1.88. The zero-order valence-corrected chi connectivity index (χ0v) is 7.41. The molecule has 0 saturated heterocycles. The molecule has 0 aromatic rings. The minimum atomic E-state index is -0.892. The number of nitrogens with one attached hydrogen (secondary N) is 1. The van der Waals surface area contributed by atoms with Crippen LogP contribution in [0.15, 0.2) is 12.2 Å². The molecular formula is C7H14ClNO2. The van der Waals surface area contributed by atoms with E-state index in [9.17, 15) is 4.79 Å². The van der Waals surface area contributed by atoms with E-state index in [1.54, 1.807) is 0 Å². The van der Waals surface area contributed by atoms with E-state index in [-0.39, 0.29) is 18.0 Å². The molecule has 2 N–H and O–H groups in total. The summed E-state index contributed by atoms with van der Waals surface area (Å²) in [6.07, 6.45) is 1.40. The quantitative estimate of drug-likeness (QED) is 0.490. The Balaban J connectivity index is 0. The van der Waals surface area contributed by atoms with E-state index in [0.29, 0.717) is 6.42 Å². The summed E-state index contributed by atoms with van der Waals surface area (Å²) in [7, 11) is 1.84. The second-order valence-electron chi connectivity index (χ2n) is 2.12. The van der Waals surface area contributed by atoms with Crippen molar-refractivity contribution in [1.82, 2.24) is 5.32 Å². The van der Waals surface area contributed by atoms with E-state index in [2.05, 4.69) is 11.9 Å². The molecule has 0 aromatic heterocycles. The number of hydrogen-bond donors (Lipinski definition) is 2. The Bertz CT molecular complexity index is 136. The SMILES string of the molecule is C=C(CCCNC)C(=O)O.Cl. The molecule has 0 bridgehead atoms. The van der Waals surface area contributed by atoms with Crippen LogP contribution < -0.4 is 5.32 Å². The third-order valence-corrected chi connectivity index (χ3v) is 1.21. The van der Waals surface area contributed by atoms with Gasteiger partial charge in [0.15, 0.2) is 0 Å². The number of carboxylic acids is 1. The second-order valence-corrected chi connectivity index (χ2v) is 2.12. The topological polar surface area (TPSA) is 49.3 Å². The Labute approximate surface area is 72.9 Å². The Morgan fingerprint density at radius 2 is 2.18 bits per heavy atom. The fourth-order valence-electron chi connectivity index (χ4n) is 0.585. The van der Waals surface area contributed by atoms with E-state index < -0.39 is 5.97 Å². The first-order valence-corrected chi connectivity index (χ1v) is 3.24. The number of hydrogen-bond acceptors (Lipinski definition) is 2. The van der Waals surface area contributed by atoms with Gasteiger partial charge in [-0.2, -0.15) is 0 Å². The fraction of sp³-hybridized carbons (Fsp3) is 0.571. The predicted octanol–water partition coefficient (Wildman–Crippen LogP) is 1.05. The third-order valence-electron chi connectivity index (χ3n) is 1.21. The maximum Gasteiger partial charge on any atom is 0.330 e. The van der Waals surface area contributed by atoms with E-state index >= 15 is 0 Å². The van der Waals surface area contributed by atoms with Crippen molar-refractivity contribution < 1.29 is 9.90 Å². The first-order valence-electron chi connectivity index (χ1n) is 3.24.